The Morgan fingerprint density at radius 2 is 2.00 bits per heavy atom. The highest BCUT2D eigenvalue weighted by atomic mass is 16.6. The highest BCUT2D eigenvalue weighted by molar-refractivity contribution is 5.67. The molecule has 1 unspecified atom stereocenters. The molecule has 0 radical (unpaired) electrons. The first kappa shape index (κ1) is 18.2. The van der Waals surface area contributed by atoms with Crippen molar-refractivity contribution in [3.8, 4) is 0 Å². The van der Waals surface area contributed by atoms with Crippen LogP contribution in [0.25, 0.3) is 0 Å². The lowest BCUT2D eigenvalue weighted by molar-refractivity contribution is 0.0528. The Balaban J connectivity index is 2.11. The first-order valence-electron chi connectivity index (χ1n) is 8.33. The minimum absolute atomic E-state index is 0.334. The molecule has 1 fully saturated rings. The first-order chi connectivity index (χ1) is 9.90. The van der Waals surface area contributed by atoms with Gasteiger partial charge in [0.05, 0.1) is 0 Å². The molecule has 1 aliphatic rings. The van der Waals surface area contributed by atoms with Crippen LogP contribution in [0.3, 0.4) is 0 Å². The largest absolute Gasteiger partial charge is 0.444 e. The maximum atomic E-state index is 11.5. The van der Waals surface area contributed by atoms with Crippen molar-refractivity contribution in [2.45, 2.75) is 65.0 Å². The minimum Gasteiger partial charge on any atom is -0.444 e. The highest BCUT2D eigenvalue weighted by Gasteiger charge is 2.17. The molecule has 0 aromatic heterocycles. The molecule has 5 heteroatoms. The predicted molar refractivity (Wildman–Crippen MR) is 86.6 cm³/mol. The van der Waals surface area contributed by atoms with Crippen LogP contribution in [0.2, 0.25) is 0 Å². The molecule has 0 aromatic rings. The number of amides is 1. The Morgan fingerprint density at radius 1 is 1.24 bits per heavy atom. The fraction of sp³-hybridized carbons (Fsp3) is 0.938. The molecule has 2 N–H and O–H groups in total. The average Bonchev–Trinajstić information content (AvgIpc) is 2.59. The molecule has 0 spiro atoms. The number of likely N-dealkylation sites (tertiary alicyclic amines) is 1. The van der Waals surface area contributed by atoms with Crippen LogP contribution < -0.4 is 10.6 Å². The predicted octanol–water partition coefficient (Wildman–Crippen LogP) is 2.37. The summed E-state index contributed by atoms with van der Waals surface area (Å²) in [5.74, 6) is 0. The van der Waals surface area contributed by atoms with Crippen LogP contribution in [0.1, 0.15) is 53.4 Å². The van der Waals surface area contributed by atoms with E-state index in [1.165, 1.54) is 45.3 Å². The summed E-state index contributed by atoms with van der Waals surface area (Å²) in [6.45, 7) is 12.9. The maximum Gasteiger partial charge on any atom is 0.407 e. The third-order valence-electron chi connectivity index (χ3n) is 3.59. The Labute approximate surface area is 129 Å². The van der Waals surface area contributed by atoms with Crippen molar-refractivity contribution in [3.05, 3.63) is 0 Å². The second-order valence-corrected chi connectivity index (χ2v) is 6.85. The van der Waals surface area contributed by atoms with Gasteiger partial charge in [-0.05, 0) is 66.1 Å². The number of nitrogens with zero attached hydrogens (tertiary/aromatic N) is 1. The normalized spacial score (nSPS) is 20.9. The number of ether oxygens (including phenoxy) is 1. The molecule has 124 valence electrons. The fourth-order valence-electron chi connectivity index (χ4n) is 2.65. The van der Waals surface area contributed by atoms with Crippen molar-refractivity contribution >= 4 is 6.09 Å². The van der Waals surface area contributed by atoms with Crippen LogP contribution >= 0.6 is 0 Å². The summed E-state index contributed by atoms with van der Waals surface area (Å²) >= 11 is 0. The molecule has 0 aliphatic carbocycles. The van der Waals surface area contributed by atoms with E-state index in [1.54, 1.807) is 0 Å². The van der Waals surface area contributed by atoms with Gasteiger partial charge < -0.3 is 20.3 Å². The van der Waals surface area contributed by atoms with Crippen molar-refractivity contribution < 1.29 is 9.53 Å². The molecule has 5 nitrogen and oxygen atoms in total. The number of rotatable bonds is 6. The second-order valence-electron chi connectivity index (χ2n) is 6.85. The number of carbonyl (C=O) groups excluding carboxylic acids is 1. The number of hydrogen-bond acceptors (Lipinski definition) is 4. The zero-order valence-electron chi connectivity index (χ0n) is 14.2. The molecule has 0 aromatic carbocycles. The summed E-state index contributed by atoms with van der Waals surface area (Å²) in [6, 6.07) is 0.576. The minimum atomic E-state index is -0.429. The van der Waals surface area contributed by atoms with E-state index >= 15 is 0 Å². The van der Waals surface area contributed by atoms with Crippen molar-refractivity contribution in [1.82, 2.24) is 15.5 Å². The van der Waals surface area contributed by atoms with Crippen molar-refractivity contribution in [1.29, 1.82) is 0 Å². The van der Waals surface area contributed by atoms with Crippen LogP contribution in [0, 0.1) is 0 Å². The summed E-state index contributed by atoms with van der Waals surface area (Å²) in [5.41, 5.74) is -0.429. The number of nitrogens with one attached hydrogen (secondary N) is 2. The van der Waals surface area contributed by atoms with Crippen LogP contribution in [-0.2, 0) is 4.74 Å². The maximum absolute atomic E-state index is 11.5. The first-order valence-corrected chi connectivity index (χ1v) is 8.33. The lowest BCUT2D eigenvalue weighted by Crippen LogP contribution is -2.39. The molecule has 1 aliphatic heterocycles. The van der Waals surface area contributed by atoms with E-state index in [4.69, 9.17) is 4.74 Å². The molecule has 1 saturated heterocycles. The monoisotopic (exact) mass is 299 g/mol. The summed E-state index contributed by atoms with van der Waals surface area (Å²) < 4.78 is 5.21. The molecule has 1 amide bonds. The van der Waals surface area contributed by atoms with E-state index in [0.717, 1.165) is 6.54 Å². The van der Waals surface area contributed by atoms with Gasteiger partial charge in [0.15, 0.2) is 0 Å². The Bertz CT molecular complexity index is 302. The summed E-state index contributed by atoms with van der Waals surface area (Å²) in [5, 5.41) is 6.33. The van der Waals surface area contributed by atoms with Crippen LogP contribution in [0.4, 0.5) is 4.79 Å². The Morgan fingerprint density at radius 3 is 2.67 bits per heavy atom. The van der Waals surface area contributed by atoms with Gasteiger partial charge in [-0.15, -0.1) is 0 Å². The summed E-state index contributed by atoms with van der Waals surface area (Å²) in [4.78, 5) is 14.1. The molecule has 21 heavy (non-hydrogen) atoms. The van der Waals surface area contributed by atoms with Gasteiger partial charge in [0.2, 0.25) is 0 Å². The van der Waals surface area contributed by atoms with Crippen LogP contribution in [0.5, 0.6) is 0 Å². The second kappa shape index (κ2) is 9.26. The fourth-order valence-corrected chi connectivity index (χ4v) is 2.65. The van der Waals surface area contributed by atoms with Gasteiger partial charge in [0.25, 0.3) is 0 Å². The van der Waals surface area contributed by atoms with Gasteiger partial charge in [-0.3, -0.25) is 0 Å². The zero-order valence-corrected chi connectivity index (χ0v) is 14.2. The van der Waals surface area contributed by atoms with Crippen molar-refractivity contribution in [3.63, 3.8) is 0 Å². The van der Waals surface area contributed by atoms with Crippen LogP contribution in [0.15, 0.2) is 0 Å². The Kier molecular flexibility index (Phi) is 8.04. The van der Waals surface area contributed by atoms with Gasteiger partial charge in [0, 0.05) is 19.1 Å². The molecule has 1 heterocycles. The van der Waals surface area contributed by atoms with E-state index in [1.807, 2.05) is 20.8 Å². The SMILES string of the molecule is CCCN1CCCC(NCCNC(=O)OC(C)(C)C)CC1. The van der Waals surface area contributed by atoms with E-state index in [2.05, 4.69) is 22.5 Å². The smallest absolute Gasteiger partial charge is 0.407 e. The van der Waals surface area contributed by atoms with Gasteiger partial charge in [0.1, 0.15) is 5.60 Å². The molecular weight excluding hydrogens is 266 g/mol. The third kappa shape index (κ3) is 8.94. The van der Waals surface area contributed by atoms with Gasteiger partial charge in [-0.2, -0.15) is 0 Å². The van der Waals surface area contributed by atoms with E-state index in [-0.39, 0.29) is 6.09 Å². The van der Waals surface area contributed by atoms with Crippen molar-refractivity contribution in [2.75, 3.05) is 32.7 Å². The van der Waals surface area contributed by atoms with Gasteiger partial charge in [-0.1, -0.05) is 6.92 Å². The number of alkyl carbamates (subject to hydrolysis) is 1. The van der Waals surface area contributed by atoms with E-state index in [9.17, 15) is 4.79 Å². The topological polar surface area (TPSA) is 53.6 Å². The van der Waals surface area contributed by atoms with Gasteiger partial charge in [-0.25, -0.2) is 4.79 Å². The lowest BCUT2D eigenvalue weighted by atomic mass is 10.1. The molecule has 1 rings (SSSR count). The lowest BCUT2D eigenvalue weighted by Gasteiger charge is -2.21. The van der Waals surface area contributed by atoms with E-state index in [0.29, 0.717) is 12.6 Å². The molecular formula is C16H33N3O2. The number of hydrogen-bond donors (Lipinski definition) is 2. The zero-order chi connectivity index (χ0) is 15.7. The summed E-state index contributed by atoms with van der Waals surface area (Å²) in [7, 11) is 0. The average molecular weight is 299 g/mol. The van der Waals surface area contributed by atoms with E-state index < -0.39 is 5.60 Å². The Hall–Kier alpha value is -0.810. The third-order valence-corrected chi connectivity index (χ3v) is 3.59. The number of carbonyl (C=O) groups is 1. The molecule has 1 atom stereocenters. The standard InChI is InChI=1S/C16H33N3O2/c1-5-11-19-12-6-7-14(8-13-19)17-9-10-18-15(20)21-16(2,3)4/h14,17H,5-13H2,1-4H3,(H,18,20). The van der Waals surface area contributed by atoms with Crippen molar-refractivity contribution in [2.24, 2.45) is 0 Å². The molecule has 0 saturated carbocycles. The molecule has 0 bridgehead atoms. The highest BCUT2D eigenvalue weighted by Crippen LogP contribution is 2.11. The van der Waals surface area contributed by atoms with Gasteiger partial charge >= 0.3 is 6.09 Å². The quantitative estimate of drug-likeness (QED) is 0.739. The summed E-state index contributed by atoms with van der Waals surface area (Å²) in [6.07, 6.45) is 4.59. The van der Waals surface area contributed by atoms with Crippen LogP contribution in [-0.4, -0.2) is 55.4 Å².